The van der Waals surface area contributed by atoms with Crippen molar-refractivity contribution in [2.24, 2.45) is 0 Å². The first-order chi connectivity index (χ1) is 16.1. The molecule has 1 atom stereocenters. The number of phenolic OH excluding ortho intramolecular Hbond substituents is 1. The number of hydrogen-bond donors (Lipinski definition) is 2. The summed E-state index contributed by atoms with van der Waals surface area (Å²) in [5.41, 5.74) is 4.24. The SMILES string of the molecule is O=C(CCC(O)c1c(CCc2ccccc2O)ccc2oc3ccccc3c12)N1CCCC1. The summed E-state index contributed by atoms with van der Waals surface area (Å²) in [6.45, 7) is 1.64. The number of para-hydroxylation sites is 2. The Labute approximate surface area is 193 Å². The standard InChI is InChI=1S/C28H29NO4/c30-22-9-3-1-7-19(22)11-12-20-13-15-25-28(21-8-2-4-10-24(21)33-25)27(20)23(31)14-16-26(32)29-17-5-6-18-29/h1-4,7-10,13,15,23,30-31H,5-6,11-12,14,16-18H2. The average Bonchev–Trinajstić information content (AvgIpc) is 3.50. The lowest BCUT2D eigenvalue weighted by atomic mass is 9.90. The molecule has 2 N–H and O–H groups in total. The highest BCUT2D eigenvalue weighted by Crippen LogP contribution is 2.38. The molecule has 170 valence electrons. The number of phenols is 1. The summed E-state index contributed by atoms with van der Waals surface area (Å²) in [5, 5.41) is 23.4. The van der Waals surface area contributed by atoms with Gasteiger partial charge in [0.2, 0.25) is 5.91 Å². The van der Waals surface area contributed by atoms with Crippen LogP contribution >= 0.6 is 0 Å². The molecule has 0 spiro atoms. The molecular weight excluding hydrogens is 414 g/mol. The summed E-state index contributed by atoms with van der Waals surface area (Å²) in [5.74, 6) is 0.400. The summed E-state index contributed by atoms with van der Waals surface area (Å²) in [4.78, 5) is 14.5. The molecule has 33 heavy (non-hydrogen) atoms. The lowest BCUT2D eigenvalue weighted by molar-refractivity contribution is -0.130. The topological polar surface area (TPSA) is 73.9 Å². The van der Waals surface area contributed by atoms with Gasteiger partial charge in [0.1, 0.15) is 16.9 Å². The summed E-state index contributed by atoms with van der Waals surface area (Å²) in [7, 11) is 0. The van der Waals surface area contributed by atoms with Gasteiger partial charge in [-0.05, 0) is 67.0 Å². The normalized spacial score (nSPS) is 14.9. The largest absolute Gasteiger partial charge is 0.508 e. The van der Waals surface area contributed by atoms with Gasteiger partial charge in [0, 0.05) is 30.3 Å². The number of fused-ring (bicyclic) bond motifs is 3. The number of hydrogen-bond acceptors (Lipinski definition) is 4. The van der Waals surface area contributed by atoms with Gasteiger partial charge < -0.3 is 19.5 Å². The molecule has 0 saturated carbocycles. The van der Waals surface area contributed by atoms with Crippen LogP contribution in [0.1, 0.15) is 48.5 Å². The number of aliphatic hydroxyl groups excluding tert-OH is 1. The lowest BCUT2D eigenvalue weighted by Gasteiger charge is -2.19. The molecule has 0 aliphatic carbocycles. The van der Waals surface area contributed by atoms with Crippen molar-refractivity contribution in [3.05, 3.63) is 77.4 Å². The molecule has 1 amide bonds. The molecule has 1 aliphatic rings. The molecule has 1 unspecified atom stereocenters. The maximum atomic E-state index is 12.6. The molecule has 1 fully saturated rings. The summed E-state index contributed by atoms with van der Waals surface area (Å²) < 4.78 is 6.06. The smallest absolute Gasteiger partial charge is 0.222 e. The molecule has 5 rings (SSSR count). The predicted octanol–water partition coefficient (Wildman–Crippen LogP) is 5.51. The van der Waals surface area contributed by atoms with Crippen LogP contribution in [0.4, 0.5) is 0 Å². The molecule has 1 saturated heterocycles. The molecule has 5 nitrogen and oxygen atoms in total. The van der Waals surface area contributed by atoms with E-state index >= 15 is 0 Å². The molecule has 1 aromatic heterocycles. The van der Waals surface area contributed by atoms with Crippen molar-refractivity contribution >= 4 is 27.8 Å². The Morgan fingerprint density at radius 3 is 2.45 bits per heavy atom. The summed E-state index contributed by atoms with van der Waals surface area (Å²) in [6.07, 6.45) is 3.36. The number of furan rings is 1. The van der Waals surface area contributed by atoms with E-state index in [4.69, 9.17) is 4.42 Å². The number of carbonyl (C=O) groups is 1. The third-order valence-corrected chi connectivity index (χ3v) is 6.75. The average molecular weight is 444 g/mol. The van der Waals surface area contributed by atoms with E-state index < -0.39 is 6.10 Å². The van der Waals surface area contributed by atoms with E-state index in [1.165, 1.54) is 0 Å². The third-order valence-electron chi connectivity index (χ3n) is 6.75. The molecule has 5 heteroatoms. The number of likely N-dealkylation sites (tertiary alicyclic amines) is 1. The highest BCUT2D eigenvalue weighted by atomic mass is 16.3. The molecule has 4 aromatic rings. The van der Waals surface area contributed by atoms with E-state index in [2.05, 4.69) is 0 Å². The van der Waals surface area contributed by atoms with Gasteiger partial charge in [0.15, 0.2) is 0 Å². The van der Waals surface area contributed by atoms with Crippen molar-refractivity contribution in [3.63, 3.8) is 0 Å². The van der Waals surface area contributed by atoms with Gasteiger partial charge in [-0.2, -0.15) is 0 Å². The number of amides is 1. The molecule has 1 aliphatic heterocycles. The first-order valence-corrected chi connectivity index (χ1v) is 11.8. The second-order valence-corrected chi connectivity index (χ2v) is 8.88. The van der Waals surface area contributed by atoms with E-state index in [-0.39, 0.29) is 11.7 Å². The third kappa shape index (κ3) is 4.33. The Kier molecular flexibility index (Phi) is 6.05. The highest BCUT2D eigenvalue weighted by molar-refractivity contribution is 6.07. The molecule has 0 radical (unpaired) electrons. The second-order valence-electron chi connectivity index (χ2n) is 8.88. The zero-order valence-electron chi connectivity index (χ0n) is 18.7. The van der Waals surface area contributed by atoms with Crippen molar-refractivity contribution in [1.82, 2.24) is 4.90 Å². The fourth-order valence-corrected chi connectivity index (χ4v) is 5.01. The maximum absolute atomic E-state index is 12.6. The molecule has 0 bridgehead atoms. The first-order valence-electron chi connectivity index (χ1n) is 11.8. The fraction of sp³-hybridized carbons (Fsp3) is 0.321. The Hall–Kier alpha value is -3.31. The van der Waals surface area contributed by atoms with Crippen LogP contribution in [0, 0.1) is 0 Å². The van der Waals surface area contributed by atoms with E-state index in [9.17, 15) is 15.0 Å². The monoisotopic (exact) mass is 443 g/mol. The van der Waals surface area contributed by atoms with Crippen molar-refractivity contribution in [1.29, 1.82) is 0 Å². The first kappa shape index (κ1) is 21.5. The number of rotatable bonds is 7. The number of benzene rings is 3. The minimum Gasteiger partial charge on any atom is -0.508 e. The van der Waals surface area contributed by atoms with Gasteiger partial charge in [-0.25, -0.2) is 0 Å². The van der Waals surface area contributed by atoms with Gasteiger partial charge in [0.05, 0.1) is 6.10 Å². The highest BCUT2D eigenvalue weighted by Gasteiger charge is 2.23. The zero-order valence-corrected chi connectivity index (χ0v) is 18.7. The van der Waals surface area contributed by atoms with Crippen molar-refractivity contribution in [2.45, 2.75) is 44.6 Å². The minimum absolute atomic E-state index is 0.117. The van der Waals surface area contributed by atoms with E-state index in [0.29, 0.717) is 25.7 Å². The fourth-order valence-electron chi connectivity index (χ4n) is 5.01. The Bertz CT molecular complexity index is 1290. The minimum atomic E-state index is -0.777. The quantitative estimate of drug-likeness (QED) is 0.395. The number of carbonyl (C=O) groups excluding carboxylic acids is 1. The summed E-state index contributed by atoms with van der Waals surface area (Å²) in [6, 6.07) is 19.2. The van der Waals surface area contributed by atoms with E-state index in [1.54, 1.807) is 6.07 Å². The Morgan fingerprint density at radius 1 is 0.909 bits per heavy atom. The lowest BCUT2D eigenvalue weighted by Crippen LogP contribution is -2.27. The van der Waals surface area contributed by atoms with Crippen LogP contribution in [0.2, 0.25) is 0 Å². The number of aliphatic hydroxyl groups is 1. The van der Waals surface area contributed by atoms with Crippen LogP contribution in [-0.2, 0) is 17.6 Å². The van der Waals surface area contributed by atoms with Crippen LogP contribution < -0.4 is 0 Å². The molecular formula is C28H29NO4. The van der Waals surface area contributed by atoms with Crippen LogP contribution in [0.3, 0.4) is 0 Å². The van der Waals surface area contributed by atoms with Crippen molar-refractivity contribution in [3.8, 4) is 5.75 Å². The zero-order chi connectivity index (χ0) is 22.8. The number of aromatic hydroxyl groups is 1. The van der Waals surface area contributed by atoms with Gasteiger partial charge in [-0.3, -0.25) is 4.79 Å². The van der Waals surface area contributed by atoms with Crippen LogP contribution in [0.15, 0.2) is 65.1 Å². The maximum Gasteiger partial charge on any atom is 0.222 e. The Morgan fingerprint density at radius 2 is 1.64 bits per heavy atom. The van der Waals surface area contributed by atoms with Gasteiger partial charge in [0.25, 0.3) is 0 Å². The van der Waals surface area contributed by atoms with Crippen molar-refractivity contribution in [2.75, 3.05) is 13.1 Å². The van der Waals surface area contributed by atoms with Gasteiger partial charge in [-0.15, -0.1) is 0 Å². The summed E-state index contributed by atoms with van der Waals surface area (Å²) >= 11 is 0. The van der Waals surface area contributed by atoms with Crippen LogP contribution in [-0.4, -0.2) is 34.1 Å². The van der Waals surface area contributed by atoms with Crippen LogP contribution in [0.25, 0.3) is 21.9 Å². The van der Waals surface area contributed by atoms with Gasteiger partial charge >= 0.3 is 0 Å². The predicted molar refractivity (Wildman–Crippen MR) is 129 cm³/mol. The van der Waals surface area contributed by atoms with E-state index in [0.717, 1.165) is 64.6 Å². The molecule has 3 aromatic carbocycles. The van der Waals surface area contributed by atoms with Crippen molar-refractivity contribution < 1.29 is 19.4 Å². The Balaban J connectivity index is 1.49. The van der Waals surface area contributed by atoms with E-state index in [1.807, 2.05) is 59.5 Å². The number of aryl methyl sites for hydroxylation is 2. The van der Waals surface area contributed by atoms with Gasteiger partial charge in [-0.1, -0.05) is 42.5 Å². The van der Waals surface area contributed by atoms with Crippen LogP contribution in [0.5, 0.6) is 5.75 Å². The second kappa shape index (κ2) is 9.28. The molecule has 2 heterocycles. The number of nitrogens with zero attached hydrogens (tertiary/aromatic N) is 1.